The maximum atomic E-state index is 12.2. The zero-order valence-electron chi connectivity index (χ0n) is 12.4. The molecule has 6 nitrogen and oxygen atoms in total. The predicted octanol–water partition coefficient (Wildman–Crippen LogP) is 4.13. The Labute approximate surface area is 128 Å². The molecule has 0 fully saturated rings. The molecule has 0 aliphatic rings. The fourth-order valence-corrected chi connectivity index (χ4v) is 2.28. The minimum absolute atomic E-state index is 0.103. The number of amides is 1. The molecule has 0 heterocycles. The Morgan fingerprint density at radius 3 is 2.64 bits per heavy atom. The molecule has 0 radical (unpaired) electrons. The number of rotatable bonds is 4. The highest BCUT2D eigenvalue weighted by molar-refractivity contribution is 5.95. The smallest absolute Gasteiger partial charge is 0.228 e. The Hall–Kier alpha value is -2.98. The fourth-order valence-electron chi connectivity index (χ4n) is 2.28. The summed E-state index contributed by atoms with van der Waals surface area (Å²) in [5.74, 6) is -0.274. The summed E-state index contributed by atoms with van der Waals surface area (Å²) in [4.78, 5) is 14.9. The quantitative estimate of drug-likeness (QED) is 0.384. The van der Waals surface area contributed by atoms with Crippen molar-refractivity contribution >= 4 is 17.3 Å². The van der Waals surface area contributed by atoms with Crippen molar-refractivity contribution < 1.29 is 9.90 Å². The molecule has 0 unspecified atom stereocenters. The van der Waals surface area contributed by atoms with Gasteiger partial charge in [0, 0.05) is 10.6 Å². The topological polar surface area (TPSA) is 98.1 Å². The maximum Gasteiger partial charge on any atom is 0.228 e. The van der Waals surface area contributed by atoms with E-state index in [4.69, 9.17) is 5.53 Å². The molecule has 2 N–H and O–H groups in total. The number of carbonyl (C=O) groups excluding carboxylic acids is 1. The molecule has 0 aliphatic carbocycles. The van der Waals surface area contributed by atoms with Crippen molar-refractivity contribution in [3.8, 4) is 5.75 Å². The molecular formula is C16H16N4O2. The number of anilines is 1. The second kappa shape index (κ2) is 6.65. The van der Waals surface area contributed by atoms with E-state index in [2.05, 4.69) is 15.3 Å². The van der Waals surface area contributed by atoms with E-state index in [-0.39, 0.29) is 23.8 Å². The average molecular weight is 296 g/mol. The van der Waals surface area contributed by atoms with Crippen LogP contribution in [-0.2, 0) is 11.2 Å². The van der Waals surface area contributed by atoms with E-state index < -0.39 is 0 Å². The summed E-state index contributed by atoms with van der Waals surface area (Å²) in [5, 5.41) is 16.1. The third kappa shape index (κ3) is 3.37. The van der Waals surface area contributed by atoms with Crippen molar-refractivity contribution in [1.82, 2.24) is 0 Å². The monoisotopic (exact) mass is 296 g/mol. The van der Waals surface area contributed by atoms with Gasteiger partial charge in [-0.3, -0.25) is 4.79 Å². The first-order valence-electron chi connectivity index (χ1n) is 6.75. The second-order valence-electron chi connectivity index (χ2n) is 4.96. The summed E-state index contributed by atoms with van der Waals surface area (Å²) >= 11 is 0. The summed E-state index contributed by atoms with van der Waals surface area (Å²) in [6, 6.07) is 10.9. The fraction of sp³-hybridized carbons (Fsp3) is 0.188. The number of hydrogen-bond acceptors (Lipinski definition) is 3. The van der Waals surface area contributed by atoms with Crippen LogP contribution in [0.1, 0.15) is 16.7 Å². The van der Waals surface area contributed by atoms with Crippen molar-refractivity contribution in [3.63, 3.8) is 0 Å². The van der Waals surface area contributed by atoms with E-state index in [1.807, 2.05) is 30.3 Å². The van der Waals surface area contributed by atoms with Crippen LogP contribution in [-0.4, -0.2) is 11.0 Å². The van der Waals surface area contributed by atoms with Gasteiger partial charge in [0.15, 0.2) is 0 Å². The average Bonchev–Trinajstić information content (AvgIpc) is 2.49. The first kappa shape index (κ1) is 15.4. The highest BCUT2D eigenvalue weighted by Gasteiger charge is 2.14. The number of hydrogen-bond donors (Lipinski definition) is 2. The summed E-state index contributed by atoms with van der Waals surface area (Å²) < 4.78 is 0. The number of aryl methyl sites for hydroxylation is 1. The van der Waals surface area contributed by atoms with E-state index >= 15 is 0 Å². The Morgan fingerprint density at radius 2 is 2.00 bits per heavy atom. The molecular weight excluding hydrogens is 280 g/mol. The van der Waals surface area contributed by atoms with Crippen LogP contribution in [0.15, 0.2) is 41.5 Å². The standard InChI is InChI=1S/C16H16N4O2/c1-10-8-13(21)16(19-20-17)11(2)15(10)18-14(22)9-12-6-4-3-5-7-12/h3-8,21H,9H2,1-2H3,(H,18,22). The predicted molar refractivity (Wildman–Crippen MR) is 85.2 cm³/mol. The Balaban J connectivity index is 2.27. The van der Waals surface area contributed by atoms with Gasteiger partial charge < -0.3 is 10.4 Å². The lowest BCUT2D eigenvalue weighted by Crippen LogP contribution is -2.16. The van der Waals surface area contributed by atoms with Crippen LogP contribution < -0.4 is 5.32 Å². The summed E-state index contributed by atoms with van der Waals surface area (Å²) in [7, 11) is 0. The van der Waals surface area contributed by atoms with Gasteiger partial charge in [-0.2, -0.15) is 0 Å². The number of nitrogens with zero attached hydrogens (tertiary/aromatic N) is 3. The van der Waals surface area contributed by atoms with Gasteiger partial charge in [-0.05, 0) is 42.1 Å². The third-order valence-electron chi connectivity index (χ3n) is 3.34. The van der Waals surface area contributed by atoms with E-state index in [9.17, 15) is 9.90 Å². The van der Waals surface area contributed by atoms with Gasteiger partial charge in [0.1, 0.15) is 5.75 Å². The van der Waals surface area contributed by atoms with Crippen LogP contribution in [0.5, 0.6) is 5.75 Å². The molecule has 2 aromatic rings. The molecule has 0 bridgehead atoms. The van der Waals surface area contributed by atoms with Crippen LogP contribution in [0.25, 0.3) is 10.4 Å². The molecule has 0 aromatic heterocycles. The number of nitrogens with one attached hydrogen (secondary N) is 1. The normalized spacial score (nSPS) is 9.91. The number of phenols is 1. The minimum atomic E-state index is -0.171. The van der Waals surface area contributed by atoms with Crippen LogP contribution in [0.4, 0.5) is 11.4 Å². The molecule has 112 valence electrons. The molecule has 0 atom stereocenters. The molecule has 0 saturated heterocycles. The molecule has 1 amide bonds. The van der Waals surface area contributed by atoms with Crippen LogP contribution in [0, 0.1) is 13.8 Å². The van der Waals surface area contributed by atoms with Crippen molar-refractivity contribution in [2.24, 2.45) is 5.11 Å². The molecule has 2 aromatic carbocycles. The Bertz CT molecular complexity index is 750. The van der Waals surface area contributed by atoms with E-state index in [0.717, 1.165) is 5.56 Å². The van der Waals surface area contributed by atoms with Gasteiger partial charge in [0.25, 0.3) is 0 Å². The number of azide groups is 1. The second-order valence-corrected chi connectivity index (χ2v) is 4.96. The molecule has 2 rings (SSSR count). The molecule has 0 spiro atoms. The zero-order chi connectivity index (χ0) is 16.1. The van der Waals surface area contributed by atoms with E-state index in [0.29, 0.717) is 16.8 Å². The van der Waals surface area contributed by atoms with Gasteiger partial charge in [0.2, 0.25) is 5.91 Å². The van der Waals surface area contributed by atoms with Crippen molar-refractivity contribution in [1.29, 1.82) is 0 Å². The van der Waals surface area contributed by atoms with Gasteiger partial charge >= 0.3 is 0 Å². The molecule has 22 heavy (non-hydrogen) atoms. The lowest BCUT2D eigenvalue weighted by molar-refractivity contribution is -0.115. The molecule has 6 heteroatoms. The largest absolute Gasteiger partial charge is 0.507 e. The van der Waals surface area contributed by atoms with Gasteiger partial charge in [0.05, 0.1) is 12.1 Å². The lowest BCUT2D eigenvalue weighted by atomic mass is 10.1. The first-order chi connectivity index (χ1) is 10.5. The minimum Gasteiger partial charge on any atom is -0.507 e. The number of benzene rings is 2. The third-order valence-corrected chi connectivity index (χ3v) is 3.34. The molecule has 0 saturated carbocycles. The van der Waals surface area contributed by atoms with Gasteiger partial charge in [-0.25, -0.2) is 0 Å². The zero-order valence-corrected chi connectivity index (χ0v) is 12.4. The van der Waals surface area contributed by atoms with Crippen molar-refractivity contribution in [2.75, 3.05) is 5.32 Å². The highest BCUT2D eigenvalue weighted by atomic mass is 16.3. The maximum absolute atomic E-state index is 12.2. The number of phenolic OH excluding ortho intramolecular Hbond substituents is 1. The molecule has 0 aliphatic heterocycles. The van der Waals surface area contributed by atoms with Crippen molar-refractivity contribution in [2.45, 2.75) is 20.3 Å². The lowest BCUT2D eigenvalue weighted by Gasteiger charge is -2.14. The first-order valence-corrected chi connectivity index (χ1v) is 6.75. The van der Waals surface area contributed by atoms with Gasteiger partial charge in [-0.15, -0.1) is 0 Å². The van der Waals surface area contributed by atoms with E-state index in [1.165, 1.54) is 6.07 Å². The summed E-state index contributed by atoms with van der Waals surface area (Å²) in [5.41, 5.74) is 11.4. The summed E-state index contributed by atoms with van der Waals surface area (Å²) in [6.45, 7) is 3.46. The van der Waals surface area contributed by atoms with Crippen LogP contribution >= 0.6 is 0 Å². The van der Waals surface area contributed by atoms with Crippen molar-refractivity contribution in [3.05, 3.63) is 63.5 Å². The van der Waals surface area contributed by atoms with Crippen LogP contribution in [0.2, 0.25) is 0 Å². The number of carbonyl (C=O) groups is 1. The highest BCUT2D eigenvalue weighted by Crippen LogP contribution is 2.37. The van der Waals surface area contributed by atoms with Gasteiger partial charge in [-0.1, -0.05) is 35.4 Å². The Morgan fingerprint density at radius 1 is 1.32 bits per heavy atom. The SMILES string of the molecule is Cc1cc(O)c(N=[N+]=[N-])c(C)c1NC(=O)Cc1ccccc1. The Kier molecular flexibility index (Phi) is 4.66. The number of aromatic hydroxyl groups is 1. The summed E-state index contributed by atoms with van der Waals surface area (Å²) in [6.07, 6.45) is 0.247. The van der Waals surface area contributed by atoms with E-state index in [1.54, 1.807) is 13.8 Å². The van der Waals surface area contributed by atoms with Crippen LogP contribution in [0.3, 0.4) is 0 Å².